The number of aromatic nitrogens is 2. The van der Waals surface area contributed by atoms with Gasteiger partial charge in [0.15, 0.2) is 0 Å². The SMILES string of the molecule is CCc1cc2c(=O)c(-c3nc4ccccc4n3C)coc2c(C[NH+]2CC[NH+](CCO)CC2)c1O. The van der Waals surface area contributed by atoms with Gasteiger partial charge in [-0.1, -0.05) is 19.1 Å². The van der Waals surface area contributed by atoms with Crippen LogP contribution in [0.4, 0.5) is 0 Å². The number of nitrogens with zero attached hydrogens (tertiary/aromatic N) is 2. The molecule has 0 aliphatic carbocycles. The van der Waals surface area contributed by atoms with E-state index in [1.807, 2.05) is 42.8 Å². The Labute approximate surface area is 197 Å². The van der Waals surface area contributed by atoms with Crippen molar-refractivity contribution in [3.05, 3.63) is 57.9 Å². The Bertz CT molecular complexity index is 1400. The first-order valence-corrected chi connectivity index (χ1v) is 12.0. The summed E-state index contributed by atoms with van der Waals surface area (Å²) in [6.07, 6.45) is 2.10. The Hall–Kier alpha value is -3.20. The molecule has 4 aromatic rings. The molecule has 1 aliphatic heterocycles. The minimum atomic E-state index is -0.136. The van der Waals surface area contributed by atoms with Gasteiger partial charge in [-0.2, -0.15) is 0 Å². The fraction of sp³-hybridized carbons (Fsp3) is 0.385. The van der Waals surface area contributed by atoms with Gasteiger partial charge < -0.3 is 29.0 Å². The lowest BCUT2D eigenvalue weighted by atomic mass is 10.0. The van der Waals surface area contributed by atoms with Gasteiger partial charge in [0.05, 0.1) is 28.6 Å². The van der Waals surface area contributed by atoms with Crippen molar-refractivity contribution in [3.8, 4) is 17.1 Å². The molecule has 0 spiro atoms. The summed E-state index contributed by atoms with van der Waals surface area (Å²) in [5.41, 5.74) is 3.96. The van der Waals surface area contributed by atoms with Gasteiger partial charge in [-0.05, 0) is 30.2 Å². The van der Waals surface area contributed by atoms with Crippen molar-refractivity contribution >= 4 is 22.0 Å². The van der Waals surface area contributed by atoms with Crippen molar-refractivity contribution in [1.82, 2.24) is 9.55 Å². The number of fused-ring (bicyclic) bond motifs is 2. The molecular formula is C26H32N4O4+2. The number of aliphatic hydroxyl groups excluding tert-OH is 1. The lowest BCUT2D eigenvalue weighted by Crippen LogP contribution is -3.27. The second kappa shape index (κ2) is 9.21. The molecule has 8 heteroatoms. The van der Waals surface area contributed by atoms with Gasteiger partial charge >= 0.3 is 0 Å². The Kier molecular flexibility index (Phi) is 6.12. The van der Waals surface area contributed by atoms with Gasteiger partial charge in [0.25, 0.3) is 0 Å². The number of rotatable bonds is 6. The van der Waals surface area contributed by atoms with Gasteiger partial charge in [-0.3, -0.25) is 4.79 Å². The lowest BCUT2D eigenvalue weighted by molar-refractivity contribution is -1.02. The van der Waals surface area contributed by atoms with Crippen LogP contribution in [0.15, 0.2) is 45.8 Å². The quantitative estimate of drug-likeness (QED) is 0.319. The Morgan fingerprint density at radius 2 is 1.88 bits per heavy atom. The first kappa shape index (κ1) is 22.6. The van der Waals surface area contributed by atoms with Crippen molar-refractivity contribution in [2.45, 2.75) is 19.9 Å². The van der Waals surface area contributed by atoms with Crippen LogP contribution in [-0.2, 0) is 20.0 Å². The van der Waals surface area contributed by atoms with Crippen LogP contribution in [0.2, 0.25) is 0 Å². The third-order valence-corrected chi connectivity index (χ3v) is 7.18. The van der Waals surface area contributed by atoms with E-state index in [9.17, 15) is 15.0 Å². The Balaban J connectivity index is 1.58. The van der Waals surface area contributed by atoms with Gasteiger partial charge in [0.2, 0.25) is 5.43 Å². The Morgan fingerprint density at radius 3 is 2.59 bits per heavy atom. The van der Waals surface area contributed by atoms with Crippen molar-refractivity contribution < 1.29 is 24.4 Å². The number of aryl methyl sites for hydroxylation is 2. The molecule has 2 aromatic carbocycles. The Morgan fingerprint density at radius 1 is 1.15 bits per heavy atom. The number of aliphatic hydroxyl groups is 1. The molecule has 1 aliphatic rings. The predicted octanol–water partition coefficient (Wildman–Crippen LogP) is -0.110. The minimum absolute atomic E-state index is 0.136. The monoisotopic (exact) mass is 464 g/mol. The summed E-state index contributed by atoms with van der Waals surface area (Å²) in [5.74, 6) is 0.796. The maximum atomic E-state index is 13.7. The van der Waals surface area contributed by atoms with Crippen LogP contribution in [-0.4, -0.2) is 59.1 Å². The molecule has 34 heavy (non-hydrogen) atoms. The number of phenols is 1. The molecule has 4 N–H and O–H groups in total. The number of hydrogen-bond donors (Lipinski definition) is 4. The molecule has 8 nitrogen and oxygen atoms in total. The maximum absolute atomic E-state index is 13.7. The van der Waals surface area contributed by atoms with Crippen LogP contribution in [0.5, 0.6) is 5.75 Å². The molecule has 0 amide bonds. The fourth-order valence-corrected chi connectivity index (χ4v) is 5.16. The van der Waals surface area contributed by atoms with E-state index in [2.05, 4.69) is 4.98 Å². The molecule has 0 radical (unpaired) electrons. The summed E-state index contributed by atoms with van der Waals surface area (Å²) in [4.78, 5) is 21.1. The average Bonchev–Trinajstić information content (AvgIpc) is 3.18. The van der Waals surface area contributed by atoms with Gasteiger partial charge in [0, 0.05) is 7.05 Å². The molecule has 0 unspecified atom stereocenters. The van der Waals surface area contributed by atoms with Crippen molar-refractivity contribution in [2.75, 3.05) is 39.3 Å². The van der Waals surface area contributed by atoms with Gasteiger partial charge in [0.1, 0.15) is 68.3 Å². The fourth-order valence-electron chi connectivity index (χ4n) is 5.16. The molecule has 3 heterocycles. The predicted molar refractivity (Wildman–Crippen MR) is 130 cm³/mol. The summed E-state index contributed by atoms with van der Waals surface area (Å²) in [6.45, 7) is 7.37. The maximum Gasteiger partial charge on any atom is 0.203 e. The molecular weight excluding hydrogens is 432 g/mol. The highest BCUT2D eigenvalue weighted by atomic mass is 16.3. The number of benzene rings is 2. The van der Waals surface area contributed by atoms with E-state index in [1.165, 1.54) is 16.1 Å². The third-order valence-electron chi connectivity index (χ3n) is 7.18. The summed E-state index contributed by atoms with van der Waals surface area (Å²) in [7, 11) is 1.90. The average molecular weight is 465 g/mol. The van der Waals surface area contributed by atoms with E-state index in [4.69, 9.17) is 4.42 Å². The van der Waals surface area contributed by atoms with Crippen LogP contribution < -0.4 is 15.2 Å². The topological polar surface area (TPSA) is 97.4 Å². The molecule has 178 valence electrons. The van der Waals surface area contributed by atoms with E-state index >= 15 is 0 Å². The zero-order valence-corrected chi connectivity index (χ0v) is 19.7. The van der Waals surface area contributed by atoms with Crippen LogP contribution in [0.25, 0.3) is 33.4 Å². The molecule has 0 bridgehead atoms. The van der Waals surface area contributed by atoms with Crippen molar-refractivity contribution in [3.63, 3.8) is 0 Å². The number of hydrogen-bond acceptors (Lipinski definition) is 5. The second-order valence-corrected chi connectivity index (χ2v) is 9.21. The smallest absolute Gasteiger partial charge is 0.203 e. The number of imidazole rings is 1. The number of aromatic hydroxyl groups is 1. The summed E-state index contributed by atoms with van der Waals surface area (Å²) < 4.78 is 7.99. The minimum Gasteiger partial charge on any atom is -0.507 e. The molecule has 2 aromatic heterocycles. The number of quaternary nitrogens is 2. The molecule has 0 saturated carbocycles. The lowest BCUT2D eigenvalue weighted by Gasteiger charge is -2.29. The van der Waals surface area contributed by atoms with E-state index < -0.39 is 0 Å². The highest BCUT2D eigenvalue weighted by Gasteiger charge is 2.27. The van der Waals surface area contributed by atoms with Crippen LogP contribution in [0, 0.1) is 0 Å². The standard InChI is InChI=1S/C26H30N4O4/c1-3-17-14-18-24(33)20(26-27-21-6-4-5-7-22(21)28(26)2)16-34-25(18)19(23(17)32)15-30-10-8-29(9-11-30)12-13-31/h4-7,14,16,31-32H,3,8-13,15H2,1-2H3/p+2. The van der Waals surface area contributed by atoms with E-state index in [1.54, 1.807) is 6.07 Å². The molecule has 1 fully saturated rings. The van der Waals surface area contributed by atoms with Gasteiger partial charge in [-0.15, -0.1) is 0 Å². The normalized spacial score (nSPS) is 18.7. The van der Waals surface area contributed by atoms with Crippen LogP contribution in [0.3, 0.4) is 0 Å². The third kappa shape index (κ3) is 3.87. The van der Waals surface area contributed by atoms with Crippen LogP contribution in [0.1, 0.15) is 18.1 Å². The number of piperazine rings is 1. The largest absolute Gasteiger partial charge is 0.507 e. The van der Waals surface area contributed by atoms with Crippen LogP contribution >= 0.6 is 0 Å². The number of phenolic OH excluding ortho intramolecular Hbond substituents is 1. The molecule has 1 saturated heterocycles. The van der Waals surface area contributed by atoms with Crippen molar-refractivity contribution in [2.24, 2.45) is 7.05 Å². The first-order valence-electron chi connectivity index (χ1n) is 12.0. The van der Waals surface area contributed by atoms with Gasteiger partial charge in [-0.25, -0.2) is 4.98 Å². The second-order valence-electron chi connectivity index (χ2n) is 9.21. The van der Waals surface area contributed by atoms with E-state index in [0.717, 1.165) is 49.3 Å². The molecule has 5 rings (SSSR count). The first-order chi connectivity index (χ1) is 16.5. The summed E-state index contributed by atoms with van der Waals surface area (Å²) >= 11 is 0. The van der Waals surface area contributed by atoms with E-state index in [-0.39, 0.29) is 17.8 Å². The number of nitrogens with one attached hydrogen (secondary N) is 2. The summed E-state index contributed by atoms with van der Waals surface area (Å²) in [6, 6.07) is 9.55. The molecule has 0 atom stereocenters. The summed E-state index contributed by atoms with van der Waals surface area (Å²) in [5, 5.41) is 20.7. The van der Waals surface area contributed by atoms with Crippen molar-refractivity contribution in [1.29, 1.82) is 0 Å². The highest BCUT2D eigenvalue weighted by Crippen LogP contribution is 2.32. The highest BCUT2D eigenvalue weighted by molar-refractivity contribution is 5.87. The zero-order valence-electron chi connectivity index (χ0n) is 19.7. The van der Waals surface area contributed by atoms with E-state index in [0.29, 0.717) is 40.9 Å². The number of para-hydroxylation sites is 2. The zero-order chi connectivity index (χ0) is 23.8.